The Labute approximate surface area is 160 Å². The minimum absolute atomic E-state index is 0.0609. The smallest absolute Gasteiger partial charge is 0.418 e. The number of hydrogen-bond donors (Lipinski definition) is 2. The summed E-state index contributed by atoms with van der Waals surface area (Å²) in [4.78, 5) is 8.49. The van der Waals surface area contributed by atoms with Crippen LogP contribution in [-0.2, 0) is 6.18 Å². The second-order valence-electron chi connectivity index (χ2n) is 6.22. The summed E-state index contributed by atoms with van der Waals surface area (Å²) < 4.78 is 45.0. The molecule has 3 aromatic rings. The van der Waals surface area contributed by atoms with Gasteiger partial charge in [0.25, 0.3) is 0 Å². The highest BCUT2D eigenvalue weighted by molar-refractivity contribution is 5.67. The molecular formula is C20H19F3N4O. The summed E-state index contributed by atoms with van der Waals surface area (Å²) in [6.45, 7) is 3.68. The number of nitrogens with one attached hydrogen (secondary N) is 2. The van der Waals surface area contributed by atoms with Crippen molar-refractivity contribution in [1.82, 2.24) is 9.97 Å². The SMILES string of the molecule is COc1ccc(C)cc1Nc1cc(C)nc(Nc2ccccc2C(F)(F)F)n1. The molecule has 0 spiro atoms. The fraction of sp³-hybridized carbons (Fsp3) is 0.200. The summed E-state index contributed by atoms with van der Waals surface area (Å²) in [5, 5.41) is 5.81. The quantitative estimate of drug-likeness (QED) is 0.595. The Morgan fingerprint density at radius 1 is 0.893 bits per heavy atom. The van der Waals surface area contributed by atoms with Gasteiger partial charge in [-0.2, -0.15) is 18.2 Å². The monoisotopic (exact) mass is 388 g/mol. The van der Waals surface area contributed by atoms with Gasteiger partial charge in [0.2, 0.25) is 5.95 Å². The average molecular weight is 388 g/mol. The molecule has 1 heterocycles. The highest BCUT2D eigenvalue weighted by Crippen LogP contribution is 2.35. The number of alkyl halides is 3. The Kier molecular flexibility index (Phi) is 5.39. The lowest BCUT2D eigenvalue weighted by Gasteiger charge is -2.15. The molecule has 0 bridgehead atoms. The van der Waals surface area contributed by atoms with Crippen LogP contribution in [0.1, 0.15) is 16.8 Å². The first-order chi connectivity index (χ1) is 13.3. The van der Waals surface area contributed by atoms with E-state index in [1.807, 2.05) is 25.1 Å². The van der Waals surface area contributed by atoms with E-state index in [0.29, 0.717) is 22.9 Å². The standard InChI is InChI=1S/C20H19F3N4O/c1-12-8-9-17(28-3)16(10-12)25-18-11-13(2)24-19(27-18)26-15-7-5-4-6-14(15)20(21,22)23/h4-11H,1-3H3,(H2,24,25,26,27). The molecule has 0 amide bonds. The molecule has 0 saturated heterocycles. The lowest BCUT2D eigenvalue weighted by atomic mass is 10.1. The van der Waals surface area contributed by atoms with Crippen molar-refractivity contribution in [2.45, 2.75) is 20.0 Å². The van der Waals surface area contributed by atoms with Gasteiger partial charge in [-0.15, -0.1) is 0 Å². The number of nitrogens with zero attached hydrogens (tertiary/aromatic N) is 2. The lowest BCUT2D eigenvalue weighted by Crippen LogP contribution is -2.10. The van der Waals surface area contributed by atoms with Gasteiger partial charge in [0.1, 0.15) is 11.6 Å². The predicted molar refractivity (Wildman–Crippen MR) is 103 cm³/mol. The predicted octanol–water partition coefficient (Wildman–Crippen LogP) is 5.61. The highest BCUT2D eigenvalue weighted by Gasteiger charge is 2.33. The second kappa shape index (κ2) is 7.75. The molecule has 5 nitrogen and oxygen atoms in total. The van der Waals surface area contributed by atoms with Crippen molar-refractivity contribution in [2.24, 2.45) is 0 Å². The average Bonchev–Trinajstić information content (AvgIpc) is 2.61. The van der Waals surface area contributed by atoms with Crippen LogP contribution in [-0.4, -0.2) is 17.1 Å². The Morgan fingerprint density at radius 2 is 1.64 bits per heavy atom. The van der Waals surface area contributed by atoms with Crippen molar-refractivity contribution in [1.29, 1.82) is 0 Å². The summed E-state index contributed by atoms with van der Waals surface area (Å²) in [5.74, 6) is 1.12. The summed E-state index contributed by atoms with van der Waals surface area (Å²) in [5.41, 5.74) is 1.42. The molecule has 0 fully saturated rings. The van der Waals surface area contributed by atoms with Crippen LogP contribution in [0, 0.1) is 13.8 Å². The maximum Gasteiger partial charge on any atom is 0.418 e. The van der Waals surface area contributed by atoms with Crippen LogP contribution in [0.15, 0.2) is 48.5 Å². The van der Waals surface area contributed by atoms with Crippen molar-refractivity contribution in [3.8, 4) is 5.75 Å². The van der Waals surface area contributed by atoms with Gasteiger partial charge < -0.3 is 15.4 Å². The minimum Gasteiger partial charge on any atom is -0.495 e. The van der Waals surface area contributed by atoms with Crippen LogP contribution >= 0.6 is 0 Å². The number of rotatable bonds is 5. The first-order valence-electron chi connectivity index (χ1n) is 8.47. The molecule has 0 aliphatic rings. The zero-order valence-corrected chi connectivity index (χ0v) is 15.6. The van der Waals surface area contributed by atoms with Crippen molar-refractivity contribution in [3.63, 3.8) is 0 Å². The number of aromatic nitrogens is 2. The molecule has 0 saturated carbocycles. The number of hydrogen-bond acceptors (Lipinski definition) is 5. The van der Waals surface area contributed by atoms with Crippen molar-refractivity contribution >= 4 is 23.1 Å². The van der Waals surface area contributed by atoms with Crippen molar-refractivity contribution < 1.29 is 17.9 Å². The van der Waals surface area contributed by atoms with Gasteiger partial charge in [0.05, 0.1) is 24.0 Å². The normalized spacial score (nSPS) is 11.2. The maximum absolute atomic E-state index is 13.2. The lowest BCUT2D eigenvalue weighted by molar-refractivity contribution is -0.136. The summed E-state index contributed by atoms with van der Waals surface area (Å²) in [6, 6.07) is 12.5. The van der Waals surface area contributed by atoms with Crippen LogP contribution in [0.25, 0.3) is 0 Å². The van der Waals surface area contributed by atoms with Crippen LogP contribution in [0.2, 0.25) is 0 Å². The van der Waals surface area contributed by atoms with Gasteiger partial charge in [0.15, 0.2) is 0 Å². The molecule has 1 aromatic heterocycles. The van der Waals surface area contributed by atoms with Gasteiger partial charge in [-0.3, -0.25) is 0 Å². The summed E-state index contributed by atoms with van der Waals surface area (Å²) >= 11 is 0. The largest absolute Gasteiger partial charge is 0.495 e. The number of benzene rings is 2. The van der Waals surface area contributed by atoms with Gasteiger partial charge in [-0.05, 0) is 43.7 Å². The molecule has 146 valence electrons. The third-order valence-corrected chi connectivity index (χ3v) is 3.95. The van der Waals surface area contributed by atoms with E-state index in [9.17, 15) is 13.2 Å². The number of methoxy groups -OCH3 is 1. The highest BCUT2D eigenvalue weighted by atomic mass is 19.4. The minimum atomic E-state index is -4.48. The number of anilines is 4. The van der Waals surface area contributed by atoms with Gasteiger partial charge >= 0.3 is 6.18 Å². The number of para-hydroxylation sites is 1. The van der Waals surface area contributed by atoms with E-state index in [-0.39, 0.29) is 11.6 Å². The van der Waals surface area contributed by atoms with E-state index in [0.717, 1.165) is 11.6 Å². The zero-order valence-electron chi connectivity index (χ0n) is 15.6. The molecule has 0 unspecified atom stereocenters. The molecule has 8 heteroatoms. The van der Waals surface area contributed by atoms with E-state index in [4.69, 9.17) is 4.74 Å². The van der Waals surface area contributed by atoms with Gasteiger partial charge in [-0.1, -0.05) is 18.2 Å². The molecular weight excluding hydrogens is 369 g/mol. The summed E-state index contributed by atoms with van der Waals surface area (Å²) in [6.07, 6.45) is -4.48. The van der Waals surface area contributed by atoms with Crippen molar-refractivity contribution in [2.75, 3.05) is 17.7 Å². The maximum atomic E-state index is 13.2. The fourth-order valence-corrected chi connectivity index (χ4v) is 2.71. The molecule has 0 aliphatic carbocycles. The Balaban J connectivity index is 1.93. The second-order valence-corrected chi connectivity index (χ2v) is 6.22. The first-order valence-corrected chi connectivity index (χ1v) is 8.47. The molecule has 28 heavy (non-hydrogen) atoms. The number of halogens is 3. The molecule has 2 N–H and O–H groups in total. The van der Waals surface area contributed by atoms with E-state index < -0.39 is 11.7 Å². The Hall–Kier alpha value is -3.29. The topological polar surface area (TPSA) is 59.1 Å². The van der Waals surface area contributed by atoms with E-state index in [1.54, 1.807) is 20.1 Å². The third-order valence-electron chi connectivity index (χ3n) is 3.95. The Bertz CT molecular complexity index is 989. The fourth-order valence-electron chi connectivity index (χ4n) is 2.71. The summed E-state index contributed by atoms with van der Waals surface area (Å²) in [7, 11) is 1.56. The molecule has 0 aliphatic heterocycles. The number of ether oxygens (including phenoxy) is 1. The van der Waals surface area contributed by atoms with Crippen molar-refractivity contribution in [3.05, 3.63) is 65.4 Å². The molecule has 0 atom stereocenters. The zero-order chi connectivity index (χ0) is 20.3. The molecule has 2 aromatic carbocycles. The van der Waals surface area contributed by atoms with Gasteiger partial charge in [-0.25, -0.2) is 4.98 Å². The van der Waals surface area contributed by atoms with Gasteiger partial charge in [0, 0.05) is 11.8 Å². The van der Waals surface area contributed by atoms with E-state index >= 15 is 0 Å². The van der Waals surface area contributed by atoms with Crippen LogP contribution in [0.3, 0.4) is 0 Å². The van der Waals surface area contributed by atoms with Crippen LogP contribution in [0.5, 0.6) is 5.75 Å². The number of aryl methyl sites for hydroxylation is 2. The van der Waals surface area contributed by atoms with Crippen LogP contribution < -0.4 is 15.4 Å². The third kappa shape index (κ3) is 4.51. The molecule has 0 radical (unpaired) electrons. The first kappa shape index (κ1) is 19.5. The van der Waals surface area contributed by atoms with E-state index in [2.05, 4.69) is 20.6 Å². The molecule has 3 rings (SSSR count). The van der Waals surface area contributed by atoms with Crippen LogP contribution in [0.4, 0.5) is 36.3 Å². The Morgan fingerprint density at radius 3 is 2.36 bits per heavy atom. The van der Waals surface area contributed by atoms with E-state index in [1.165, 1.54) is 18.2 Å².